The molecule has 0 bridgehead atoms. The van der Waals surface area contributed by atoms with E-state index in [4.69, 9.17) is 0 Å². The number of benzene rings is 1. The Morgan fingerprint density at radius 3 is 2.67 bits per heavy atom. The average Bonchev–Trinajstić information content (AvgIpc) is 3.07. The van der Waals surface area contributed by atoms with E-state index in [1.54, 1.807) is 4.68 Å². The van der Waals surface area contributed by atoms with Crippen LogP contribution in [0.2, 0.25) is 0 Å². The highest BCUT2D eigenvalue weighted by Crippen LogP contribution is 2.08. The topological polar surface area (TPSA) is 73.5 Å². The molecule has 21 heavy (non-hydrogen) atoms. The number of rotatable bonds is 5. The summed E-state index contributed by atoms with van der Waals surface area (Å²) >= 11 is 0. The first-order valence-electron chi connectivity index (χ1n) is 6.76. The summed E-state index contributed by atoms with van der Waals surface area (Å²) in [5.41, 5.74) is 3.17. The van der Waals surface area contributed by atoms with Gasteiger partial charge in [-0.2, -0.15) is 9.78 Å². The van der Waals surface area contributed by atoms with Crippen LogP contribution in [0.25, 0.3) is 5.69 Å². The van der Waals surface area contributed by atoms with Gasteiger partial charge in [-0.1, -0.05) is 18.2 Å². The number of para-hydroxylation sites is 1. The van der Waals surface area contributed by atoms with Crippen LogP contribution in [-0.4, -0.2) is 30.0 Å². The van der Waals surface area contributed by atoms with E-state index in [-0.39, 0.29) is 0 Å². The smallest absolute Gasteiger partial charge is 0.170 e. The van der Waals surface area contributed by atoms with Gasteiger partial charge in [0, 0.05) is 25.4 Å². The van der Waals surface area contributed by atoms with E-state index in [1.807, 2.05) is 55.2 Å². The lowest BCUT2D eigenvalue weighted by atomic mass is 10.2. The van der Waals surface area contributed by atoms with Crippen molar-refractivity contribution in [3.05, 3.63) is 53.6 Å². The van der Waals surface area contributed by atoms with Gasteiger partial charge < -0.3 is 5.32 Å². The number of aryl methyl sites for hydroxylation is 2. The van der Waals surface area contributed by atoms with Crippen molar-refractivity contribution in [2.45, 2.75) is 20.0 Å². The highest BCUT2D eigenvalue weighted by Gasteiger charge is 2.08. The number of hydrogen-bond acceptors (Lipinski definition) is 5. The van der Waals surface area contributed by atoms with Gasteiger partial charge >= 0.3 is 0 Å². The minimum absolute atomic E-state index is 0.593. The molecule has 7 nitrogen and oxygen atoms in total. The Morgan fingerprint density at radius 1 is 1.14 bits per heavy atom. The molecule has 0 unspecified atom stereocenters. The highest BCUT2D eigenvalue weighted by molar-refractivity contribution is 5.30. The number of aromatic nitrogens is 6. The van der Waals surface area contributed by atoms with Gasteiger partial charge in [-0.15, -0.1) is 5.10 Å². The second kappa shape index (κ2) is 5.84. The van der Waals surface area contributed by atoms with E-state index in [0.717, 1.165) is 23.8 Å². The van der Waals surface area contributed by atoms with Crippen LogP contribution < -0.4 is 5.32 Å². The van der Waals surface area contributed by atoms with Gasteiger partial charge in [-0.3, -0.25) is 4.68 Å². The zero-order valence-electron chi connectivity index (χ0n) is 12.1. The minimum Gasteiger partial charge on any atom is -0.306 e. The maximum Gasteiger partial charge on any atom is 0.170 e. The molecule has 1 N–H and O–H groups in total. The van der Waals surface area contributed by atoms with Crippen molar-refractivity contribution in [1.29, 1.82) is 0 Å². The van der Waals surface area contributed by atoms with Crippen LogP contribution in [0, 0.1) is 6.92 Å². The van der Waals surface area contributed by atoms with E-state index >= 15 is 0 Å². The van der Waals surface area contributed by atoms with Crippen molar-refractivity contribution < 1.29 is 0 Å². The van der Waals surface area contributed by atoms with Crippen molar-refractivity contribution in [2.75, 3.05) is 0 Å². The maximum atomic E-state index is 4.32. The van der Waals surface area contributed by atoms with E-state index in [1.165, 1.54) is 5.56 Å². The standard InChI is InChI=1S/C14H17N7/c1-11-12(10-20(2)17-11)8-15-9-14-16-18-19-21(14)13-6-4-3-5-7-13/h3-7,10,15H,8-9H2,1-2H3. The predicted molar refractivity (Wildman–Crippen MR) is 77.6 cm³/mol. The van der Waals surface area contributed by atoms with Crippen LogP contribution >= 0.6 is 0 Å². The summed E-state index contributed by atoms with van der Waals surface area (Å²) in [5, 5.41) is 19.5. The summed E-state index contributed by atoms with van der Waals surface area (Å²) < 4.78 is 3.56. The fourth-order valence-corrected chi connectivity index (χ4v) is 2.22. The van der Waals surface area contributed by atoms with Crippen LogP contribution in [0.1, 0.15) is 17.1 Å². The van der Waals surface area contributed by atoms with Gasteiger partial charge in [-0.05, 0) is 29.5 Å². The first-order valence-corrected chi connectivity index (χ1v) is 6.76. The Morgan fingerprint density at radius 2 is 1.95 bits per heavy atom. The SMILES string of the molecule is Cc1nn(C)cc1CNCc1nnnn1-c1ccccc1. The first kappa shape index (κ1) is 13.4. The van der Waals surface area contributed by atoms with Crippen molar-refractivity contribution in [3.8, 4) is 5.69 Å². The van der Waals surface area contributed by atoms with Crippen molar-refractivity contribution in [3.63, 3.8) is 0 Å². The molecule has 0 aliphatic heterocycles. The lowest BCUT2D eigenvalue weighted by Crippen LogP contribution is -2.17. The van der Waals surface area contributed by atoms with E-state index in [2.05, 4.69) is 25.9 Å². The Balaban J connectivity index is 1.67. The molecule has 0 aliphatic carbocycles. The van der Waals surface area contributed by atoms with Gasteiger partial charge in [0.1, 0.15) is 0 Å². The Kier molecular flexibility index (Phi) is 3.74. The predicted octanol–water partition coefficient (Wildman–Crippen LogP) is 0.994. The molecule has 2 heterocycles. The molecule has 0 radical (unpaired) electrons. The summed E-state index contributed by atoms with van der Waals surface area (Å²) in [6, 6.07) is 9.85. The molecule has 0 atom stereocenters. The molecule has 7 heteroatoms. The normalized spacial score (nSPS) is 11.0. The first-order chi connectivity index (χ1) is 10.2. The summed E-state index contributed by atoms with van der Waals surface area (Å²) in [6.45, 7) is 3.34. The molecule has 0 aliphatic rings. The zero-order chi connectivity index (χ0) is 14.7. The number of nitrogens with zero attached hydrogens (tertiary/aromatic N) is 6. The molecular weight excluding hydrogens is 266 g/mol. The lowest BCUT2D eigenvalue weighted by Gasteiger charge is -2.05. The Bertz CT molecular complexity index is 714. The molecular formula is C14H17N7. The Hall–Kier alpha value is -2.54. The summed E-state index contributed by atoms with van der Waals surface area (Å²) in [5.74, 6) is 0.780. The Labute approximate surface area is 122 Å². The molecule has 0 spiro atoms. The maximum absolute atomic E-state index is 4.32. The third kappa shape index (κ3) is 2.97. The van der Waals surface area contributed by atoms with Crippen LogP contribution in [0.3, 0.4) is 0 Å². The molecule has 3 aromatic rings. The minimum atomic E-state index is 0.593. The van der Waals surface area contributed by atoms with E-state index in [0.29, 0.717) is 6.54 Å². The molecule has 0 saturated heterocycles. The molecule has 0 saturated carbocycles. The largest absolute Gasteiger partial charge is 0.306 e. The average molecular weight is 283 g/mol. The van der Waals surface area contributed by atoms with E-state index < -0.39 is 0 Å². The second-order valence-corrected chi connectivity index (χ2v) is 4.86. The molecule has 2 aromatic heterocycles. The van der Waals surface area contributed by atoms with Gasteiger partial charge in [0.05, 0.1) is 17.9 Å². The molecule has 108 valence electrons. The van der Waals surface area contributed by atoms with Crippen molar-refractivity contribution in [1.82, 2.24) is 35.3 Å². The van der Waals surface area contributed by atoms with Crippen LogP contribution in [-0.2, 0) is 20.1 Å². The zero-order valence-corrected chi connectivity index (χ0v) is 12.1. The van der Waals surface area contributed by atoms with E-state index in [9.17, 15) is 0 Å². The molecule has 0 fully saturated rings. The number of hydrogen-bond donors (Lipinski definition) is 1. The quantitative estimate of drug-likeness (QED) is 0.756. The number of tetrazole rings is 1. The number of nitrogens with one attached hydrogen (secondary N) is 1. The van der Waals surface area contributed by atoms with Crippen LogP contribution in [0.4, 0.5) is 0 Å². The van der Waals surface area contributed by atoms with Crippen LogP contribution in [0.5, 0.6) is 0 Å². The van der Waals surface area contributed by atoms with Gasteiger partial charge in [-0.25, -0.2) is 0 Å². The highest BCUT2D eigenvalue weighted by atomic mass is 15.5. The van der Waals surface area contributed by atoms with Crippen molar-refractivity contribution in [2.24, 2.45) is 7.05 Å². The molecule has 3 rings (SSSR count). The third-order valence-corrected chi connectivity index (χ3v) is 3.25. The lowest BCUT2D eigenvalue weighted by molar-refractivity contribution is 0.639. The fourth-order valence-electron chi connectivity index (χ4n) is 2.22. The van der Waals surface area contributed by atoms with Crippen molar-refractivity contribution >= 4 is 0 Å². The van der Waals surface area contributed by atoms with Gasteiger partial charge in [0.2, 0.25) is 0 Å². The summed E-state index contributed by atoms with van der Waals surface area (Å²) in [4.78, 5) is 0. The van der Waals surface area contributed by atoms with Gasteiger partial charge in [0.25, 0.3) is 0 Å². The summed E-state index contributed by atoms with van der Waals surface area (Å²) in [6.07, 6.45) is 2.02. The molecule has 0 amide bonds. The summed E-state index contributed by atoms with van der Waals surface area (Å²) in [7, 11) is 1.92. The molecule has 1 aromatic carbocycles. The van der Waals surface area contributed by atoms with Gasteiger partial charge in [0.15, 0.2) is 5.82 Å². The fraction of sp³-hybridized carbons (Fsp3) is 0.286. The van der Waals surface area contributed by atoms with Crippen LogP contribution in [0.15, 0.2) is 36.5 Å². The third-order valence-electron chi connectivity index (χ3n) is 3.25. The monoisotopic (exact) mass is 283 g/mol. The second-order valence-electron chi connectivity index (χ2n) is 4.86.